The van der Waals surface area contributed by atoms with E-state index in [9.17, 15) is 4.39 Å². The fourth-order valence-corrected chi connectivity index (χ4v) is 2.46. The van der Waals surface area contributed by atoms with E-state index >= 15 is 0 Å². The molecule has 2 N–H and O–H groups in total. The first-order chi connectivity index (χ1) is 8.65. The molecular weight excluding hydrogens is 247 g/mol. The van der Waals surface area contributed by atoms with Crippen molar-refractivity contribution < 1.29 is 4.39 Å². The largest absolute Gasteiger partial charge is 0.328 e. The lowest BCUT2D eigenvalue weighted by Gasteiger charge is -2.08. The quantitative estimate of drug-likeness (QED) is 0.919. The second-order valence-electron chi connectivity index (χ2n) is 4.23. The van der Waals surface area contributed by atoms with Crippen LogP contribution in [-0.4, -0.2) is 11.0 Å². The molecule has 0 bridgehead atoms. The summed E-state index contributed by atoms with van der Waals surface area (Å²) in [6.45, 7) is 1.91. The second-order valence-corrected chi connectivity index (χ2v) is 5.35. The maximum Gasteiger partial charge on any atom is 0.137 e. The van der Waals surface area contributed by atoms with Crippen molar-refractivity contribution in [1.29, 1.82) is 0 Å². The average molecular weight is 262 g/mol. The highest BCUT2D eigenvalue weighted by molar-refractivity contribution is 7.99. The summed E-state index contributed by atoms with van der Waals surface area (Å²) in [6, 6.07) is 9.06. The molecule has 0 saturated carbocycles. The Balaban J connectivity index is 2.15. The first-order valence-electron chi connectivity index (χ1n) is 5.77. The Morgan fingerprint density at radius 1 is 1.28 bits per heavy atom. The van der Waals surface area contributed by atoms with Crippen LogP contribution in [0.2, 0.25) is 0 Å². The van der Waals surface area contributed by atoms with Crippen molar-refractivity contribution >= 4 is 11.8 Å². The van der Waals surface area contributed by atoms with Crippen LogP contribution >= 0.6 is 11.8 Å². The van der Waals surface area contributed by atoms with E-state index in [4.69, 9.17) is 5.73 Å². The molecule has 0 fully saturated rings. The Morgan fingerprint density at radius 3 is 2.61 bits per heavy atom. The van der Waals surface area contributed by atoms with Gasteiger partial charge in [-0.1, -0.05) is 17.8 Å². The maximum atomic E-state index is 13.9. The number of benzene rings is 1. The number of hydrogen-bond donors (Lipinski definition) is 1. The van der Waals surface area contributed by atoms with Gasteiger partial charge in [-0.3, -0.25) is 4.98 Å². The molecule has 0 radical (unpaired) electrons. The molecule has 1 aromatic heterocycles. The molecule has 1 aromatic carbocycles. The fourth-order valence-electron chi connectivity index (χ4n) is 1.66. The number of rotatable bonds is 4. The Hall–Kier alpha value is -1.39. The summed E-state index contributed by atoms with van der Waals surface area (Å²) in [5.74, 6) is -0.199. The van der Waals surface area contributed by atoms with Crippen LogP contribution in [0.4, 0.5) is 4.39 Å². The monoisotopic (exact) mass is 262 g/mol. The molecule has 0 aliphatic heterocycles. The third-order valence-corrected chi connectivity index (χ3v) is 3.49. The van der Waals surface area contributed by atoms with Crippen LogP contribution in [0.3, 0.4) is 0 Å². The average Bonchev–Trinajstić information content (AvgIpc) is 2.33. The number of nitrogens with two attached hydrogens (primary N) is 1. The van der Waals surface area contributed by atoms with Crippen LogP contribution < -0.4 is 5.73 Å². The van der Waals surface area contributed by atoms with Gasteiger partial charge in [0.1, 0.15) is 5.82 Å². The van der Waals surface area contributed by atoms with Crippen molar-refractivity contribution in [1.82, 2.24) is 4.98 Å². The lowest BCUT2D eigenvalue weighted by molar-refractivity contribution is 0.597. The molecular formula is C14H15FN2S. The zero-order valence-electron chi connectivity index (χ0n) is 10.1. The third kappa shape index (κ3) is 3.55. The van der Waals surface area contributed by atoms with Gasteiger partial charge in [0.15, 0.2) is 0 Å². The SMILES string of the molecule is CC(N)Cc1ccc(Sc2ccncc2)c(F)c1. The van der Waals surface area contributed by atoms with Gasteiger partial charge in [-0.2, -0.15) is 0 Å². The van der Waals surface area contributed by atoms with Crippen LogP contribution in [0.25, 0.3) is 0 Å². The van der Waals surface area contributed by atoms with Crippen molar-refractivity contribution in [3.8, 4) is 0 Å². The number of halogens is 1. The molecule has 2 nitrogen and oxygen atoms in total. The van der Waals surface area contributed by atoms with Crippen LogP contribution in [0.5, 0.6) is 0 Å². The Morgan fingerprint density at radius 2 is 2.00 bits per heavy atom. The highest BCUT2D eigenvalue weighted by atomic mass is 32.2. The molecule has 18 heavy (non-hydrogen) atoms. The van der Waals surface area contributed by atoms with Crippen LogP contribution in [0.1, 0.15) is 12.5 Å². The van der Waals surface area contributed by atoms with E-state index < -0.39 is 0 Å². The Labute approximate surface area is 110 Å². The van der Waals surface area contributed by atoms with Gasteiger partial charge < -0.3 is 5.73 Å². The highest BCUT2D eigenvalue weighted by Gasteiger charge is 2.06. The van der Waals surface area contributed by atoms with Gasteiger partial charge >= 0.3 is 0 Å². The first kappa shape index (κ1) is 13.1. The summed E-state index contributed by atoms with van der Waals surface area (Å²) < 4.78 is 13.9. The molecule has 2 rings (SSSR count). The van der Waals surface area contributed by atoms with Crippen molar-refractivity contribution in [2.75, 3.05) is 0 Å². The molecule has 0 spiro atoms. The van der Waals surface area contributed by atoms with Crippen LogP contribution in [0.15, 0.2) is 52.5 Å². The molecule has 0 aliphatic carbocycles. The maximum absolute atomic E-state index is 13.9. The lowest BCUT2D eigenvalue weighted by Crippen LogP contribution is -2.17. The van der Waals surface area contributed by atoms with E-state index in [0.717, 1.165) is 10.5 Å². The molecule has 4 heteroatoms. The molecule has 1 heterocycles. The van der Waals surface area contributed by atoms with E-state index in [1.165, 1.54) is 11.8 Å². The summed E-state index contributed by atoms with van der Waals surface area (Å²) in [4.78, 5) is 5.53. The zero-order valence-corrected chi connectivity index (χ0v) is 11.0. The van der Waals surface area contributed by atoms with Crippen molar-refractivity contribution in [3.63, 3.8) is 0 Å². The normalized spacial score (nSPS) is 12.4. The molecule has 1 unspecified atom stereocenters. The van der Waals surface area contributed by atoms with Gasteiger partial charge in [-0.05, 0) is 43.2 Å². The third-order valence-electron chi connectivity index (χ3n) is 2.43. The summed E-state index contributed by atoms with van der Waals surface area (Å²) >= 11 is 1.40. The number of hydrogen-bond acceptors (Lipinski definition) is 3. The molecule has 0 aliphatic rings. The minimum absolute atomic E-state index is 0.0445. The van der Waals surface area contributed by atoms with E-state index in [2.05, 4.69) is 4.98 Å². The molecule has 94 valence electrons. The minimum Gasteiger partial charge on any atom is -0.328 e. The van der Waals surface area contributed by atoms with Crippen LogP contribution in [-0.2, 0) is 6.42 Å². The number of pyridine rings is 1. The standard InChI is InChI=1S/C14H15FN2S/c1-10(16)8-11-2-3-14(13(15)9-11)18-12-4-6-17-7-5-12/h2-7,9-10H,8,16H2,1H3. The second kappa shape index (κ2) is 5.98. The highest BCUT2D eigenvalue weighted by Crippen LogP contribution is 2.29. The Kier molecular flexibility index (Phi) is 4.33. The number of aromatic nitrogens is 1. The van der Waals surface area contributed by atoms with Gasteiger partial charge in [-0.25, -0.2) is 4.39 Å². The van der Waals surface area contributed by atoms with E-state index in [1.54, 1.807) is 24.5 Å². The molecule has 0 saturated heterocycles. The minimum atomic E-state index is -0.199. The van der Waals surface area contributed by atoms with Crippen molar-refractivity contribution in [2.45, 2.75) is 29.2 Å². The molecule has 0 amide bonds. The van der Waals surface area contributed by atoms with Gasteiger partial charge in [0, 0.05) is 28.2 Å². The van der Waals surface area contributed by atoms with Gasteiger partial charge in [0.25, 0.3) is 0 Å². The number of nitrogens with zero attached hydrogens (tertiary/aromatic N) is 1. The summed E-state index contributed by atoms with van der Waals surface area (Å²) in [5.41, 5.74) is 6.63. The topological polar surface area (TPSA) is 38.9 Å². The van der Waals surface area contributed by atoms with E-state index in [-0.39, 0.29) is 11.9 Å². The zero-order chi connectivity index (χ0) is 13.0. The lowest BCUT2D eigenvalue weighted by atomic mass is 10.1. The van der Waals surface area contributed by atoms with E-state index in [1.807, 2.05) is 25.1 Å². The molecule has 2 aromatic rings. The summed E-state index contributed by atoms with van der Waals surface area (Å²) in [5, 5.41) is 0. The summed E-state index contributed by atoms with van der Waals surface area (Å²) in [7, 11) is 0. The smallest absolute Gasteiger partial charge is 0.137 e. The first-order valence-corrected chi connectivity index (χ1v) is 6.58. The van der Waals surface area contributed by atoms with Crippen molar-refractivity contribution in [2.24, 2.45) is 5.73 Å². The van der Waals surface area contributed by atoms with Gasteiger partial charge in [0.05, 0.1) is 0 Å². The predicted octanol–water partition coefficient (Wildman–Crippen LogP) is 3.26. The summed E-state index contributed by atoms with van der Waals surface area (Å²) in [6.07, 6.45) is 4.09. The van der Waals surface area contributed by atoms with Crippen molar-refractivity contribution in [3.05, 3.63) is 54.1 Å². The predicted molar refractivity (Wildman–Crippen MR) is 72.1 cm³/mol. The van der Waals surface area contributed by atoms with Gasteiger partial charge in [-0.15, -0.1) is 0 Å². The molecule has 1 atom stereocenters. The van der Waals surface area contributed by atoms with E-state index in [0.29, 0.717) is 11.3 Å². The Bertz CT molecular complexity index is 514. The van der Waals surface area contributed by atoms with Gasteiger partial charge in [0.2, 0.25) is 0 Å². The fraction of sp³-hybridized carbons (Fsp3) is 0.214. The van der Waals surface area contributed by atoms with Crippen LogP contribution in [0, 0.1) is 5.82 Å².